The molecular formula is C27H35NO3. The molecule has 4 heteroatoms. The molecule has 4 nitrogen and oxygen atoms in total. The molecule has 0 spiro atoms. The van der Waals surface area contributed by atoms with Gasteiger partial charge in [-0.1, -0.05) is 81.4 Å². The molecule has 0 aliphatic carbocycles. The number of rotatable bonds is 7. The first-order chi connectivity index (χ1) is 14.5. The Bertz CT molecular complexity index is 885. The number of Topliss-reactive ketones (excluding diaryl/α,β-unsaturated/α-hetero) is 1. The third-order valence-electron chi connectivity index (χ3n) is 5.08. The summed E-state index contributed by atoms with van der Waals surface area (Å²) in [5.41, 5.74) is 1.08. The quantitative estimate of drug-likeness (QED) is 0.468. The van der Waals surface area contributed by atoms with Crippen molar-refractivity contribution in [1.82, 2.24) is 4.90 Å². The fourth-order valence-electron chi connectivity index (χ4n) is 3.56. The third-order valence-corrected chi connectivity index (χ3v) is 5.08. The summed E-state index contributed by atoms with van der Waals surface area (Å²) in [4.78, 5) is 28.1. The van der Waals surface area contributed by atoms with Crippen molar-refractivity contribution in [2.45, 2.75) is 66.5 Å². The van der Waals surface area contributed by atoms with Crippen LogP contribution < -0.4 is 0 Å². The summed E-state index contributed by atoms with van der Waals surface area (Å²) < 4.78 is 5.93. The van der Waals surface area contributed by atoms with Crippen LogP contribution in [-0.4, -0.2) is 28.9 Å². The highest BCUT2D eigenvalue weighted by Gasteiger charge is 2.31. The maximum absolute atomic E-state index is 13.4. The van der Waals surface area contributed by atoms with Gasteiger partial charge in [-0.3, -0.25) is 4.79 Å². The van der Waals surface area contributed by atoms with Crippen LogP contribution in [0.25, 0.3) is 5.76 Å². The molecule has 0 aliphatic rings. The van der Waals surface area contributed by atoms with Crippen molar-refractivity contribution in [2.24, 2.45) is 5.41 Å². The predicted molar refractivity (Wildman–Crippen MR) is 127 cm³/mol. The molecule has 0 radical (unpaired) electrons. The van der Waals surface area contributed by atoms with E-state index in [1.54, 1.807) is 11.0 Å². The summed E-state index contributed by atoms with van der Waals surface area (Å²) in [6.07, 6.45) is 1.37. The second-order valence-electron chi connectivity index (χ2n) is 9.36. The number of carbonyl (C=O) groups excluding carboxylic acids is 2. The van der Waals surface area contributed by atoms with Gasteiger partial charge in [0.05, 0.1) is 5.92 Å². The Morgan fingerprint density at radius 2 is 1.32 bits per heavy atom. The minimum absolute atomic E-state index is 0.00866. The second kappa shape index (κ2) is 10.4. The van der Waals surface area contributed by atoms with Crippen molar-refractivity contribution < 1.29 is 14.3 Å². The lowest BCUT2D eigenvalue weighted by Gasteiger charge is -2.30. The van der Waals surface area contributed by atoms with E-state index in [2.05, 4.69) is 0 Å². The van der Waals surface area contributed by atoms with Crippen LogP contribution in [0.1, 0.15) is 65.5 Å². The summed E-state index contributed by atoms with van der Waals surface area (Å²) in [6, 6.07) is 19.1. The number of nitrogens with zero attached hydrogens (tertiary/aromatic N) is 1. The lowest BCUT2D eigenvalue weighted by atomic mass is 9.79. The van der Waals surface area contributed by atoms with Crippen LogP contribution in [0.4, 0.5) is 4.79 Å². The molecule has 0 bridgehead atoms. The van der Waals surface area contributed by atoms with E-state index < -0.39 is 17.4 Å². The smallest absolute Gasteiger partial charge is 0.410 e. The Labute approximate surface area is 186 Å². The van der Waals surface area contributed by atoms with Crippen molar-refractivity contribution in [2.75, 3.05) is 0 Å². The number of hydrogen-bond acceptors (Lipinski definition) is 3. The maximum Gasteiger partial charge on any atom is 0.415 e. The molecule has 2 aromatic rings. The van der Waals surface area contributed by atoms with Gasteiger partial charge in [-0.15, -0.1) is 0 Å². The average molecular weight is 422 g/mol. The van der Waals surface area contributed by atoms with E-state index in [9.17, 15) is 9.59 Å². The summed E-state index contributed by atoms with van der Waals surface area (Å²) >= 11 is 0. The highest BCUT2D eigenvalue weighted by molar-refractivity contribution is 5.93. The fourth-order valence-corrected chi connectivity index (χ4v) is 3.56. The molecule has 2 aromatic carbocycles. The van der Waals surface area contributed by atoms with Crippen LogP contribution in [0.15, 0.2) is 66.7 Å². The van der Waals surface area contributed by atoms with E-state index in [4.69, 9.17) is 4.74 Å². The number of benzene rings is 2. The van der Waals surface area contributed by atoms with Gasteiger partial charge in [-0.05, 0) is 39.3 Å². The second-order valence-corrected chi connectivity index (χ2v) is 9.36. The van der Waals surface area contributed by atoms with Gasteiger partial charge in [0.25, 0.3) is 0 Å². The van der Waals surface area contributed by atoms with Gasteiger partial charge in [-0.25, -0.2) is 4.79 Å². The molecule has 166 valence electrons. The molecule has 0 aliphatic heterocycles. The van der Waals surface area contributed by atoms with Crippen molar-refractivity contribution >= 4 is 17.6 Å². The number of amides is 1. The Hall–Kier alpha value is -2.88. The standard InChI is InChI=1S/C27H35NO3/c1-19(2)28(20(3)4)26(30)31-24(22-16-12-9-13-17-22)18-23(25(29)27(5,6)7)21-14-10-8-11-15-21/h8-20,23H,1-7H3/b24-18-/t23-/m1/s1. The summed E-state index contributed by atoms with van der Waals surface area (Å²) in [5.74, 6) is -0.0770. The van der Waals surface area contributed by atoms with Crippen LogP contribution in [0.2, 0.25) is 0 Å². The molecule has 0 unspecified atom stereocenters. The summed E-state index contributed by atoms with van der Waals surface area (Å²) in [7, 11) is 0. The minimum Gasteiger partial charge on any atom is -0.410 e. The lowest BCUT2D eigenvalue weighted by molar-refractivity contribution is -0.126. The zero-order valence-electron chi connectivity index (χ0n) is 19.8. The molecule has 31 heavy (non-hydrogen) atoms. The third kappa shape index (κ3) is 6.55. The Kier molecular flexibility index (Phi) is 8.21. The van der Waals surface area contributed by atoms with Crippen LogP contribution in [0, 0.1) is 5.41 Å². The zero-order chi connectivity index (χ0) is 23.2. The molecule has 0 heterocycles. The number of carbonyl (C=O) groups is 2. The summed E-state index contributed by atoms with van der Waals surface area (Å²) in [6.45, 7) is 13.6. The fraction of sp³-hybridized carbons (Fsp3) is 0.407. The van der Waals surface area contributed by atoms with Crippen LogP contribution >= 0.6 is 0 Å². The van der Waals surface area contributed by atoms with E-state index >= 15 is 0 Å². The van der Waals surface area contributed by atoms with Gasteiger partial charge in [0, 0.05) is 23.1 Å². The van der Waals surface area contributed by atoms with Crippen molar-refractivity contribution in [3.63, 3.8) is 0 Å². The first-order valence-corrected chi connectivity index (χ1v) is 10.9. The van der Waals surface area contributed by atoms with Gasteiger partial charge < -0.3 is 9.64 Å². The molecule has 0 N–H and O–H groups in total. The molecule has 0 saturated carbocycles. The van der Waals surface area contributed by atoms with Gasteiger partial charge in [-0.2, -0.15) is 0 Å². The predicted octanol–water partition coefficient (Wildman–Crippen LogP) is 6.68. The minimum atomic E-state index is -0.551. The van der Waals surface area contributed by atoms with Crippen LogP contribution in [-0.2, 0) is 9.53 Å². The first-order valence-electron chi connectivity index (χ1n) is 10.9. The number of ether oxygens (including phenoxy) is 1. The zero-order valence-corrected chi connectivity index (χ0v) is 19.8. The van der Waals surface area contributed by atoms with E-state index in [-0.39, 0.29) is 17.9 Å². The first kappa shape index (κ1) is 24.4. The largest absolute Gasteiger partial charge is 0.415 e. The summed E-state index contributed by atoms with van der Waals surface area (Å²) in [5, 5.41) is 0. The highest BCUT2D eigenvalue weighted by atomic mass is 16.6. The number of ketones is 1. The Morgan fingerprint density at radius 3 is 1.77 bits per heavy atom. The van der Waals surface area contributed by atoms with Gasteiger partial charge in [0.15, 0.2) is 0 Å². The molecule has 2 rings (SSSR count). The maximum atomic E-state index is 13.4. The van der Waals surface area contributed by atoms with Crippen LogP contribution in [0.3, 0.4) is 0 Å². The molecule has 0 fully saturated rings. The van der Waals surface area contributed by atoms with Gasteiger partial charge in [0.1, 0.15) is 11.5 Å². The van der Waals surface area contributed by atoms with Gasteiger partial charge >= 0.3 is 6.09 Å². The SMILES string of the molecule is CC(C)N(C(=O)O/C(=C\[C@@H](C(=O)C(C)(C)C)c1ccccc1)c1ccccc1)C(C)C. The molecule has 0 aromatic heterocycles. The molecular weight excluding hydrogens is 386 g/mol. The monoisotopic (exact) mass is 421 g/mol. The average Bonchev–Trinajstić information content (AvgIpc) is 2.70. The van der Waals surface area contributed by atoms with Crippen molar-refractivity contribution in [1.29, 1.82) is 0 Å². The normalized spacial score (nSPS) is 13.3. The van der Waals surface area contributed by atoms with Crippen molar-refractivity contribution in [3.05, 3.63) is 77.9 Å². The Balaban J connectivity index is 2.57. The van der Waals surface area contributed by atoms with Gasteiger partial charge in [0.2, 0.25) is 0 Å². The number of hydrogen-bond donors (Lipinski definition) is 0. The topological polar surface area (TPSA) is 46.6 Å². The van der Waals surface area contributed by atoms with Crippen LogP contribution in [0.5, 0.6) is 0 Å². The Morgan fingerprint density at radius 1 is 0.839 bits per heavy atom. The molecule has 1 atom stereocenters. The number of allylic oxidation sites excluding steroid dienone is 1. The van der Waals surface area contributed by atoms with E-state index in [1.165, 1.54) is 0 Å². The van der Waals surface area contributed by atoms with Crippen molar-refractivity contribution in [3.8, 4) is 0 Å². The molecule has 0 saturated heterocycles. The van der Waals surface area contributed by atoms with E-state index in [0.29, 0.717) is 5.76 Å². The highest BCUT2D eigenvalue weighted by Crippen LogP contribution is 2.32. The molecule has 1 amide bonds. The van der Waals surface area contributed by atoms with E-state index in [1.807, 2.05) is 109 Å². The van der Waals surface area contributed by atoms with E-state index in [0.717, 1.165) is 11.1 Å². The lowest BCUT2D eigenvalue weighted by Crippen LogP contribution is -2.42.